The quantitative estimate of drug-likeness (QED) is 0.780. The molecule has 2 amide bonds. The molecular formula is C18H17F3N2O4. The average Bonchev–Trinajstić information content (AvgIpc) is 2.65. The molecule has 0 aliphatic rings. The maximum atomic E-state index is 12.7. The number of halogens is 3. The molecule has 0 atom stereocenters. The van der Waals surface area contributed by atoms with Crippen LogP contribution in [0.3, 0.4) is 0 Å². The number of hydrogen-bond acceptors (Lipinski definition) is 4. The molecule has 2 N–H and O–H groups in total. The van der Waals surface area contributed by atoms with Gasteiger partial charge in [0.25, 0.3) is 0 Å². The number of carbonyl (C=O) groups excluding carboxylic acids is 2. The highest BCUT2D eigenvalue weighted by molar-refractivity contribution is 6.39. The Kier molecular flexibility index (Phi) is 6.27. The SMILES string of the molecule is COc1ccc(CNC(=O)C(=O)Nc2cccc(C(F)(F)F)c2)cc1OC. The van der Waals surface area contributed by atoms with Crippen molar-refractivity contribution in [2.24, 2.45) is 0 Å². The van der Waals surface area contributed by atoms with Crippen molar-refractivity contribution in [1.29, 1.82) is 0 Å². The van der Waals surface area contributed by atoms with Crippen molar-refractivity contribution in [1.82, 2.24) is 5.32 Å². The van der Waals surface area contributed by atoms with E-state index in [1.54, 1.807) is 18.2 Å². The Labute approximate surface area is 153 Å². The Morgan fingerprint density at radius 2 is 1.67 bits per heavy atom. The van der Waals surface area contributed by atoms with Gasteiger partial charge in [0, 0.05) is 12.2 Å². The first kappa shape index (κ1) is 20.1. The summed E-state index contributed by atoms with van der Waals surface area (Å²) >= 11 is 0. The van der Waals surface area contributed by atoms with E-state index in [0.29, 0.717) is 17.1 Å². The molecule has 0 saturated carbocycles. The third-order valence-electron chi connectivity index (χ3n) is 3.56. The lowest BCUT2D eigenvalue weighted by atomic mass is 10.2. The Hall–Kier alpha value is -3.23. The van der Waals surface area contributed by atoms with Crippen LogP contribution in [0.5, 0.6) is 11.5 Å². The van der Waals surface area contributed by atoms with Crippen molar-refractivity contribution in [3.05, 3.63) is 53.6 Å². The molecule has 2 aromatic carbocycles. The topological polar surface area (TPSA) is 76.7 Å². The predicted molar refractivity (Wildman–Crippen MR) is 91.5 cm³/mol. The highest BCUT2D eigenvalue weighted by atomic mass is 19.4. The summed E-state index contributed by atoms with van der Waals surface area (Å²) in [5.41, 5.74) is -0.407. The van der Waals surface area contributed by atoms with Gasteiger partial charge in [-0.15, -0.1) is 0 Å². The minimum absolute atomic E-state index is 0.0230. The predicted octanol–water partition coefficient (Wildman–Crippen LogP) is 2.98. The van der Waals surface area contributed by atoms with Gasteiger partial charge >= 0.3 is 18.0 Å². The summed E-state index contributed by atoms with van der Waals surface area (Å²) in [4.78, 5) is 23.7. The highest BCUT2D eigenvalue weighted by Gasteiger charge is 2.30. The standard InChI is InChI=1S/C18H17F3N2O4/c1-26-14-7-6-11(8-15(14)27-2)10-22-16(24)17(25)23-13-5-3-4-12(9-13)18(19,20)21/h3-9H,10H2,1-2H3,(H,22,24)(H,23,25). The van der Waals surface area contributed by atoms with Crippen LogP contribution in [0.15, 0.2) is 42.5 Å². The first-order chi connectivity index (χ1) is 12.7. The lowest BCUT2D eigenvalue weighted by Gasteiger charge is -2.11. The maximum absolute atomic E-state index is 12.7. The van der Waals surface area contributed by atoms with E-state index in [0.717, 1.165) is 18.2 Å². The Balaban J connectivity index is 1.97. The van der Waals surface area contributed by atoms with Gasteiger partial charge in [0.05, 0.1) is 19.8 Å². The Morgan fingerprint density at radius 1 is 0.963 bits per heavy atom. The van der Waals surface area contributed by atoms with Crippen molar-refractivity contribution in [2.45, 2.75) is 12.7 Å². The molecule has 144 valence electrons. The smallest absolute Gasteiger partial charge is 0.416 e. The fraction of sp³-hybridized carbons (Fsp3) is 0.222. The largest absolute Gasteiger partial charge is 0.493 e. The molecule has 0 fully saturated rings. The summed E-state index contributed by atoms with van der Waals surface area (Å²) in [7, 11) is 2.94. The van der Waals surface area contributed by atoms with Crippen molar-refractivity contribution in [3.63, 3.8) is 0 Å². The molecule has 27 heavy (non-hydrogen) atoms. The van der Waals surface area contributed by atoms with Crippen LogP contribution in [0, 0.1) is 0 Å². The molecule has 0 saturated heterocycles. The van der Waals surface area contributed by atoms with Crippen LogP contribution in [0.1, 0.15) is 11.1 Å². The summed E-state index contributed by atoms with van der Waals surface area (Å²) < 4.78 is 48.3. The van der Waals surface area contributed by atoms with Crippen LogP contribution in [-0.2, 0) is 22.3 Å². The minimum atomic E-state index is -4.55. The number of anilines is 1. The zero-order valence-corrected chi connectivity index (χ0v) is 14.5. The van der Waals surface area contributed by atoms with Gasteiger partial charge in [0.1, 0.15) is 0 Å². The molecule has 0 aliphatic carbocycles. The second kappa shape index (κ2) is 8.43. The normalized spacial score (nSPS) is 10.9. The van der Waals surface area contributed by atoms with E-state index >= 15 is 0 Å². The van der Waals surface area contributed by atoms with Crippen LogP contribution in [0.2, 0.25) is 0 Å². The summed E-state index contributed by atoms with van der Waals surface area (Å²) in [6.07, 6.45) is -4.55. The van der Waals surface area contributed by atoms with E-state index < -0.39 is 23.6 Å². The number of carbonyl (C=O) groups is 2. The molecule has 0 spiro atoms. The van der Waals surface area contributed by atoms with Crippen molar-refractivity contribution >= 4 is 17.5 Å². The van der Waals surface area contributed by atoms with Gasteiger partial charge in [-0.2, -0.15) is 13.2 Å². The van der Waals surface area contributed by atoms with E-state index in [1.165, 1.54) is 20.3 Å². The number of amides is 2. The Bertz CT molecular complexity index is 838. The number of methoxy groups -OCH3 is 2. The van der Waals surface area contributed by atoms with Crippen molar-refractivity contribution in [2.75, 3.05) is 19.5 Å². The fourth-order valence-electron chi connectivity index (χ4n) is 2.21. The molecule has 2 aromatic rings. The third kappa shape index (κ3) is 5.37. The zero-order chi connectivity index (χ0) is 20.0. The summed E-state index contributed by atoms with van der Waals surface area (Å²) in [5.74, 6) is -1.09. The second-order valence-electron chi connectivity index (χ2n) is 5.40. The Morgan fingerprint density at radius 3 is 2.30 bits per heavy atom. The summed E-state index contributed by atoms with van der Waals surface area (Å²) in [6.45, 7) is 0.0230. The third-order valence-corrected chi connectivity index (χ3v) is 3.56. The monoisotopic (exact) mass is 382 g/mol. The van der Waals surface area contributed by atoms with E-state index in [4.69, 9.17) is 9.47 Å². The van der Waals surface area contributed by atoms with E-state index in [-0.39, 0.29) is 12.2 Å². The highest BCUT2D eigenvalue weighted by Crippen LogP contribution is 2.30. The molecular weight excluding hydrogens is 365 g/mol. The first-order valence-electron chi connectivity index (χ1n) is 7.72. The van der Waals surface area contributed by atoms with Crippen LogP contribution >= 0.6 is 0 Å². The molecule has 0 heterocycles. The molecule has 2 rings (SSSR count). The van der Waals surface area contributed by atoms with Gasteiger partial charge in [0.15, 0.2) is 11.5 Å². The fourth-order valence-corrected chi connectivity index (χ4v) is 2.21. The molecule has 6 nitrogen and oxygen atoms in total. The van der Waals surface area contributed by atoms with Gasteiger partial charge in [-0.25, -0.2) is 0 Å². The number of alkyl halides is 3. The molecule has 9 heteroatoms. The lowest BCUT2D eigenvalue weighted by molar-refractivity contribution is -0.137. The van der Waals surface area contributed by atoms with Crippen LogP contribution in [0.4, 0.5) is 18.9 Å². The van der Waals surface area contributed by atoms with E-state index in [1.807, 2.05) is 0 Å². The van der Waals surface area contributed by atoms with Gasteiger partial charge in [-0.3, -0.25) is 9.59 Å². The molecule has 0 radical (unpaired) electrons. The van der Waals surface area contributed by atoms with Crippen LogP contribution in [-0.4, -0.2) is 26.0 Å². The number of hydrogen-bond donors (Lipinski definition) is 2. The molecule has 0 bridgehead atoms. The van der Waals surface area contributed by atoms with Crippen LogP contribution in [0.25, 0.3) is 0 Å². The number of ether oxygens (including phenoxy) is 2. The number of rotatable bonds is 5. The van der Waals surface area contributed by atoms with Gasteiger partial charge in [-0.1, -0.05) is 12.1 Å². The zero-order valence-electron chi connectivity index (χ0n) is 14.5. The minimum Gasteiger partial charge on any atom is -0.493 e. The van der Waals surface area contributed by atoms with Gasteiger partial charge in [-0.05, 0) is 35.9 Å². The van der Waals surface area contributed by atoms with E-state index in [2.05, 4.69) is 10.6 Å². The van der Waals surface area contributed by atoms with Gasteiger partial charge < -0.3 is 20.1 Å². The molecule has 0 aromatic heterocycles. The van der Waals surface area contributed by atoms with Gasteiger partial charge in [0.2, 0.25) is 0 Å². The number of benzene rings is 2. The molecule has 0 unspecified atom stereocenters. The first-order valence-corrected chi connectivity index (χ1v) is 7.72. The lowest BCUT2D eigenvalue weighted by Crippen LogP contribution is -2.35. The van der Waals surface area contributed by atoms with Crippen molar-refractivity contribution in [3.8, 4) is 11.5 Å². The van der Waals surface area contributed by atoms with E-state index in [9.17, 15) is 22.8 Å². The summed E-state index contributed by atoms with van der Waals surface area (Å²) in [5, 5.41) is 4.52. The second-order valence-corrected chi connectivity index (χ2v) is 5.40. The van der Waals surface area contributed by atoms with Crippen molar-refractivity contribution < 1.29 is 32.2 Å². The average molecular weight is 382 g/mol. The summed E-state index contributed by atoms with van der Waals surface area (Å²) in [6, 6.07) is 8.96. The van der Waals surface area contributed by atoms with Crippen LogP contribution < -0.4 is 20.1 Å². The maximum Gasteiger partial charge on any atom is 0.416 e. The number of nitrogens with one attached hydrogen (secondary N) is 2. The molecule has 0 aliphatic heterocycles.